The third-order valence-electron chi connectivity index (χ3n) is 3.54. The van der Waals surface area contributed by atoms with Gasteiger partial charge in [-0.05, 0) is 25.2 Å². The van der Waals surface area contributed by atoms with E-state index in [1.807, 2.05) is 11.8 Å². The van der Waals surface area contributed by atoms with E-state index in [0.29, 0.717) is 5.91 Å². The van der Waals surface area contributed by atoms with E-state index >= 15 is 0 Å². The summed E-state index contributed by atoms with van der Waals surface area (Å²) in [6.07, 6.45) is 5.02. The largest absolute Gasteiger partial charge is 0.341 e. The average molecular weight is 279 g/mol. The molecule has 0 aromatic rings. The number of carbonyl (C=O) groups is 1. The molecule has 1 N–H and O–H groups in total. The molecule has 2 fully saturated rings. The molecule has 2 saturated heterocycles. The maximum Gasteiger partial charge on any atom is 0.240 e. The minimum Gasteiger partial charge on any atom is -0.341 e. The molecule has 0 aliphatic carbocycles. The monoisotopic (exact) mass is 278 g/mol. The van der Waals surface area contributed by atoms with Crippen LogP contribution in [0.4, 0.5) is 0 Å². The van der Waals surface area contributed by atoms with Gasteiger partial charge in [0.1, 0.15) is 0 Å². The maximum atomic E-state index is 12.2. The first-order valence-electron chi connectivity index (χ1n) is 6.41. The van der Waals surface area contributed by atoms with Crippen molar-refractivity contribution in [2.45, 2.75) is 38.6 Å². The second kappa shape index (κ2) is 7.49. The fourth-order valence-corrected chi connectivity index (χ4v) is 3.62. The van der Waals surface area contributed by atoms with Gasteiger partial charge in [-0.2, -0.15) is 0 Å². The zero-order valence-electron chi connectivity index (χ0n) is 10.5. The van der Waals surface area contributed by atoms with Crippen molar-refractivity contribution < 1.29 is 4.79 Å². The molecule has 1 amide bonds. The molecule has 5 heteroatoms. The highest BCUT2D eigenvalue weighted by atomic mass is 35.5. The summed E-state index contributed by atoms with van der Waals surface area (Å²) in [5.74, 6) is 2.97. The van der Waals surface area contributed by atoms with Crippen molar-refractivity contribution in [2.24, 2.45) is 5.92 Å². The number of carbonyl (C=O) groups excluding carboxylic acids is 1. The predicted molar refractivity (Wildman–Crippen MR) is 75.7 cm³/mol. The fraction of sp³-hybridized carbons (Fsp3) is 0.917. The highest BCUT2D eigenvalue weighted by Crippen LogP contribution is 2.22. The molecule has 2 atom stereocenters. The Morgan fingerprint density at radius 1 is 1.53 bits per heavy atom. The second-order valence-corrected chi connectivity index (χ2v) is 5.88. The number of piperidine rings is 1. The third-order valence-corrected chi connectivity index (χ3v) is 4.48. The van der Waals surface area contributed by atoms with Crippen molar-refractivity contribution in [3.8, 4) is 0 Å². The van der Waals surface area contributed by atoms with Crippen LogP contribution >= 0.6 is 24.2 Å². The molecule has 2 rings (SSSR count). The van der Waals surface area contributed by atoms with E-state index in [2.05, 4.69) is 17.1 Å². The van der Waals surface area contributed by atoms with Crippen LogP contribution in [-0.2, 0) is 4.79 Å². The van der Waals surface area contributed by atoms with Gasteiger partial charge in [0.05, 0.1) is 6.04 Å². The normalized spacial score (nSPS) is 28.9. The lowest BCUT2D eigenvalue weighted by Crippen LogP contribution is -2.48. The Morgan fingerprint density at radius 2 is 2.35 bits per heavy atom. The number of hydrogen-bond acceptors (Lipinski definition) is 3. The Bertz CT molecular complexity index is 245. The highest BCUT2D eigenvalue weighted by molar-refractivity contribution is 7.99. The van der Waals surface area contributed by atoms with Crippen molar-refractivity contribution in [3.63, 3.8) is 0 Å². The molecule has 0 spiro atoms. The van der Waals surface area contributed by atoms with Crippen LogP contribution in [0.25, 0.3) is 0 Å². The molecule has 0 aromatic carbocycles. The molecule has 2 aliphatic heterocycles. The quantitative estimate of drug-likeness (QED) is 0.858. The van der Waals surface area contributed by atoms with Crippen LogP contribution in [0.15, 0.2) is 0 Å². The summed E-state index contributed by atoms with van der Waals surface area (Å²) in [6.45, 7) is 4.20. The highest BCUT2D eigenvalue weighted by Gasteiger charge is 2.30. The molecule has 100 valence electrons. The van der Waals surface area contributed by atoms with Crippen molar-refractivity contribution in [2.75, 3.05) is 24.7 Å². The van der Waals surface area contributed by atoms with Gasteiger partial charge in [-0.1, -0.05) is 13.3 Å². The van der Waals surface area contributed by atoms with Crippen LogP contribution < -0.4 is 5.32 Å². The molecular weight excluding hydrogens is 256 g/mol. The van der Waals surface area contributed by atoms with E-state index < -0.39 is 0 Å². The number of thioether (sulfide) groups is 1. The van der Waals surface area contributed by atoms with E-state index in [0.717, 1.165) is 30.6 Å². The Labute approximate surface area is 114 Å². The van der Waals surface area contributed by atoms with Gasteiger partial charge in [0.15, 0.2) is 0 Å². The molecule has 17 heavy (non-hydrogen) atoms. The van der Waals surface area contributed by atoms with E-state index in [1.165, 1.54) is 25.7 Å². The van der Waals surface area contributed by atoms with Gasteiger partial charge >= 0.3 is 0 Å². The van der Waals surface area contributed by atoms with Gasteiger partial charge < -0.3 is 4.90 Å². The lowest BCUT2D eigenvalue weighted by molar-refractivity contribution is -0.134. The van der Waals surface area contributed by atoms with Crippen LogP contribution in [0, 0.1) is 5.92 Å². The lowest BCUT2D eigenvalue weighted by Gasteiger charge is -2.34. The molecule has 0 saturated carbocycles. The predicted octanol–water partition coefficient (Wildman–Crippen LogP) is 2.11. The smallest absolute Gasteiger partial charge is 0.240 e. The molecular formula is C12H23ClN2OS. The third kappa shape index (κ3) is 4.04. The first kappa shape index (κ1) is 15.1. The molecule has 0 radical (unpaired) electrons. The Hall–Kier alpha value is 0.0700. The fourth-order valence-electron chi connectivity index (χ4n) is 2.68. The van der Waals surface area contributed by atoms with E-state index in [1.54, 1.807) is 0 Å². The van der Waals surface area contributed by atoms with Crippen LogP contribution in [0.5, 0.6) is 0 Å². The van der Waals surface area contributed by atoms with Gasteiger partial charge in [0.25, 0.3) is 0 Å². The maximum absolute atomic E-state index is 12.2. The molecule has 0 aromatic heterocycles. The summed E-state index contributed by atoms with van der Waals surface area (Å²) in [5, 5.41) is 3.27. The Kier molecular flexibility index (Phi) is 6.67. The molecule has 2 aliphatic rings. The number of nitrogens with zero attached hydrogens (tertiary/aromatic N) is 1. The number of nitrogens with one attached hydrogen (secondary N) is 1. The summed E-state index contributed by atoms with van der Waals surface area (Å²) >= 11 is 1.83. The van der Waals surface area contributed by atoms with Gasteiger partial charge in [0, 0.05) is 24.7 Å². The average Bonchev–Trinajstić information content (AvgIpc) is 2.82. The van der Waals surface area contributed by atoms with E-state index in [9.17, 15) is 4.79 Å². The number of likely N-dealkylation sites (tertiary alicyclic amines) is 1. The summed E-state index contributed by atoms with van der Waals surface area (Å²) in [4.78, 5) is 14.3. The van der Waals surface area contributed by atoms with Crippen LogP contribution in [-0.4, -0.2) is 41.6 Å². The van der Waals surface area contributed by atoms with Crippen molar-refractivity contribution in [1.29, 1.82) is 0 Å². The van der Waals surface area contributed by atoms with Crippen LogP contribution in [0.3, 0.4) is 0 Å². The van der Waals surface area contributed by atoms with E-state index in [-0.39, 0.29) is 18.4 Å². The SMILES string of the molecule is CCCC1CCCN(C(=O)C2CSCN2)C1.Cl. The molecule has 2 unspecified atom stereocenters. The minimum atomic E-state index is 0. The van der Waals surface area contributed by atoms with Gasteiger partial charge in [0.2, 0.25) is 5.91 Å². The number of rotatable bonds is 3. The number of halogens is 1. The lowest BCUT2D eigenvalue weighted by atomic mass is 9.93. The van der Waals surface area contributed by atoms with Crippen molar-refractivity contribution in [1.82, 2.24) is 10.2 Å². The van der Waals surface area contributed by atoms with Crippen molar-refractivity contribution >= 4 is 30.1 Å². The van der Waals surface area contributed by atoms with Gasteiger partial charge in [-0.15, -0.1) is 24.2 Å². The molecule has 3 nitrogen and oxygen atoms in total. The summed E-state index contributed by atoms with van der Waals surface area (Å²) < 4.78 is 0. The first-order valence-corrected chi connectivity index (χ1v) is 7.56. The summed E-state index contributed by atoms with van der Waals surface area (Å²) in [6, 6.07) is 0.0883. The first-order chi connectivity index (χ1) is 7.81. The molecule has 2 heterocycles. The van der Waals surface area contributed by atoms with Crippen LogP contribution in [0.1, 0.15) is 32.6 Å². The zero-order chi connectivity index (χ0) is 11.4. The standard InChI is InChI=1S/C12H22N2OS.ClH/c1-2-4-10-5-3-6-14(7-10)12(15)11-8-16-9-13-11;/h10-11,13H,2-9H2,1H3;1H. The number of amides is 1. The summed E-state index contributed by atoms with van der Waals surface area (Å²) in [5.41, 5.74) is 0. The minimum absolute atomic E-state index is 0. The molecule has 0 bridgehead atoms. The van der Waals surface area contributed by atoms with Crippen LogP contribution in [0.2, 0.25) is 0 Å². The van der Waals surface area contributed by atoms with E-state index in [4.69, 9.17) is 0 Å². The topological polar surface area (TPSA) is 32.3 Å². The Balaban J connectivity index is 0.00000144. The van der Waals surface area contributed by atoms with Crippen molar-refractivity contribution in [3.05, 3.63) is 0 Å². The summed E-state index contributed by atoms with van der Waals surface area (Å²) in [7, 11) is 0. The zero-order valence-corrected chi connectivity index (χ0v) is 12.1. The number of hydrogen-bond donors (Lipinski definition) is 1. The van der Waals surface area contributed by atoms with Gasteiger partial charge in [-0.3, -0.25) is 10.1 Å². The van der Waals surface area contributed by atoms with Gasteiger partial charge in [-0.25, -0.2) is 0 Å². The second-order valence-electron chi connectivity index (χ2n) is 4.85. The Morgan fingerprint density at radius 3 is 3.00 bits per heavy atom.